The van der Waals surface area contributed by atoms with Crippen molar-refractivity contribution in [2.45, 2.75) is 18.8 Å². The molecular formula is C15H11Cl2F3N2O3. The number of primary amides is 1. The minimum Gasteiger partial charge on any atom is -0.386 e. The Morgan fingerprint density at radius 1 is 1.24 bits per heavy atom. The molecule has 2 aromatic rings. The number of nitrogens with zero attached hydrogens (tertiary/aromatic N) is 1. The van der Waals surface area contributed by atoms with Gasteiger partial charge in [-0.25, -0.2) is 0 Å². The van der Waals surface area contributed by atoms with Crippen LogP contribution in [0.4, 0.5) is 13.2 Å². The lowest BCUT2D eigenvalue weighted by Gasteiger charge is -2.20. The number of alkyl halides is 3. The first kappa shape index (κ1) is 19.3. The molecule has 134 valence electrons. The lowest BCUT2D eigenvalue weighted by Crippen LogP contribution is -2.35. The number of benzene rings is 1. The smallest absolute Gasteiger partial charge is 0.386 e. The summed E-state index contributed by atoms with van der Waals surface area (Å²) in [5, 5.41) is 10.5. The summed E-state index contributed by atoms with van der Waals surface area (Å²) in [5.74, 6) is -1.18. The van der Waals surface area contributed by atoms with Gasteiger partial charge in [-0.05, 0) is 30.3 Å². The lowest BCUT2D eigenvalue weighted by atomic mass is 10.1. The van der Waals surface area contributed by atoms with E-state index < -0.39 is 41.5 Å². The van der Waals surface area contributed by atoms with E-state index in [0.29, 0.717) is 12.1 Å². The number of aliphatic hydroxyl groups excluding tert-OH is 1. The summed E-state index contributed by atoms with van der Waals surface area (Å²) in [6.07, 6.45) is -6.46. The Morgan fingerprint density at radius 2 is 1.88 bits per heavy atom. The van der Waals surface area contributed by atoms with Gasteiger partial charge in [-0.2, -0.15) is 13.2 Å². The third kappa shape index (κ3) is 4.15. The summed E-state index contributed by atoms with van der Waals surface area (Å²) in [6.45, 7) is -0.797. The monoisotopic (exact) mass is 394 g/mol. The standard InChI is InChI=1S/C15H11Cl2F3N2O3/c16-7-1-3-10(17)9(5-7)11(23)6-22-12(15(18,19)20)4-2-8(13(21)24)14(22)25/h1-5,11,23H,6H2,(H2,21,24)/t11-/m0/s1. The van der Waals surface area contributed by atoms with Gasteiger partial charge >= 0.3 is 6.18 Å². The van der Waals surface area contributed by atoms with Crippen LogP contribution in [0.2, 0.25) is 10.0 Å². The molecule has 1 amide bonds. The molecule has 1 aromatic heterocycles. The Bertz CT molecular complexity index is 881. The number of rotatable bonds is 4. The average molecular weight is 395 g/mol. The van der Waals surface area contributed by atoms with Crippen molar-refractivity contribution in [1.29, 1.82) is 0 Å². The Kier molecular flexibility index (Phi) is 5.46. The minimum absolute atomic E-state index is 0.0404. The first-order valence-electron chi connectivity index (χ1n) is 6.76. The predicted molar refractivity (Wildman–Crippen MR) is 85.6 cm³/mol. The summed E-state index contributed by atoms with van der Waals surface area (Å²) < 4.78 is 39.7. The van der Waals surface area contributed by atoms with Crippen LogP contribution >= 0.6 is 23.2 Å². The largest absolute Gasteiger partial charge is 0.431 e. The SMILES string of the molecule is NC(=O)c1ccc(C(F)(F)F)n(C[C@H](O)c2cc(Cl)ccc2Cl)c1=O. The van der Waals surface area contributed by atoms with Gasteiger partial charge in [-0.1, -0.05) is 23.2 Å². The fourth-order valence-electron chi connectivity index (χ4n) is 2.24. The number of aliphatic hydroxyl groups is 1. The van der Waals surface area contributed by atoms with Crippen LogP contribution in [0.15, 0.2) is 35.1 Å². The molecule has 0 saturated heterocycles. The molecule has 1 aromatic carbocycles. The number of hydrogen-bond donors (Lipinski definition) is 2. The van der Waals surface area contributed by atoms with E-state index in [0.717, 1.165) is 0 Å². The van der Waals surface area contributed by atoms with Gasteiger partial charge in [-0.15, -0.1) is 0 Å². The Balaban J connectivity index is 2.57. The van der Waals surface area contributed by atoms with Gasteiger partial charge in [0.1, 0.15) is 11.3 Å². The number of pyridine rings is 1. The van der Waals surface area contributed by atoms with Crippen LogP contribution < -0.4 is 11.3 Å². The van der Waals surface area contributed by atoms with Gasteiger partial charge in [0.05, 0.1) is 12.6 Å². The Labute approximate surface area is 149 Å². The highest BCUT2D eigenvalue weighted by molar-refractivity contribution is 6.33. The van der Waals surface area contributed by atoms with E-state index >= 15 is 0 Å². The molecule has 0 aliphatic carbocycles. The number of halogens is 5. The topological polar surface area (TPSA) is 85.3 Å². The maximum absolute atomic E-state index is 13.2. The normalized spacial score (nSPS) is 12.9. The summed E-state index contributed by atoms with van der Waals surface area (Å²) in [6, 6.07) is 5.30. The predicted octanol–water partition coefficient (Wildman–Crippen LogP) is 3.01. The van der Waals surface area contributed by atoms with E-state index in [1.807, 2.05) is 0 Å². The molecule has 0 saturated carbocycles. The number of hydrogen-bond acceptors (Lipinski definition) is 3. The summed E-state index contributed by atoms with van der Waals surface area (Å²) in [5.41, 5.74) is 1.81. The van der Waals surface area contributed by atoms with Gasteiger partial charge < -0.3 is 15.4 Å². The second-order valence-corrected chi connectivity index (χ2v) is 5.94. The van der Waals surface area contributed by atoms with Crippen molar-refractivity contribution in [2.75, 3.05) is 0 Å². The van der Waals surface area contributed by atoms with Gasteiger partial charge in [-0.3, -0.25) is 9.59 Å². The van der Waals surface area contributed by atoms with E-state index in [4.69, 9.17) is 28.9 Å². The molecule has 0 aliphatic heterocycles. The molecular weight excluding hydrogens is 384 g/mol. The first-order valence-corrected chi connectivity index (χ1v) is 7.52. The van der Waals surface area contributed by atoms with E-state index in [2.05, 4.69) is 0 Å². The Morgan fingerprint density at radius 3 is 2.44 bits per heavy atom. The molecule has 0 bridgehead atoms. The second kappa shape index (κ2) is 7.07. The van der Waals surface area contributed by atoms with Crippen molar-refractivity contribution in [3.8, 4) is 0 Å². The molecule has 25 heavy (non-hydrogen) atoms. The number of aromatic nitrogens is 1. The number of carbonyl (C=O) groups is 1. The molecule has 3 N–H and O–H groups in total. The van der Waals surface area contributed by atoms with Crippen molar-refractivity contribution < 1.29 is 23.1 Å². The lowest BCUT2D eigenvalue weighted by molar-refractivity contribution is -0.144. The summed E-state index contributed by atoms with van der Waals surface area (Å²) >= 11 is 11.7. The third-order valence-corrected chi connectivity index (χ3v) is 3.98. The molecule has 0 spiro atoms. The van der Waals surface area contributed by atoms with Crippen LogP contribution in [0.3, 0.4) is 0 Å². The number of amides is 1. The van der Waals surface area contributed by atoms with Gasteiger partial charge in [0.2, 0.25) is 0 Å². The quantitative estimate of drug-likeness (QED) is 0.835. The molecule has 0 aliphatic rings. The van der Waals surface area contributed by atoms with Crippen molar-refractivity contribution >= 4 is 29.1 Å². The number of nitrogens with two attached hydrogens (primary N) is 1. The Hall–Kier alpha value is -2.03. The van der Waals surface area contributed by atoms with E-state index in [1.165, 1.54) is 18.2 Å². The van der Waals surface area contributed by atoms with Crippen molar-refractivity contribution in [3.05, 3.63) is 67.6 Å². The molecule has 1 atom stereocenters. The van der Waals surface area contributed by atoms with Crippen molar-refractivity contribution in [3.63, 3.8) is 0 Å². The molecule has 0 fully saturated rings. The maximum Gasteiger partial charge on any atom is 0.431 e. The first-order chi connectivity index (χ1) is 11.5. The highest BCUT2D eigenvalue weighted by atomic mass is 35.5. The van der Waals surface area contributed by atoms with E-state index in [1.54, 1.807) is 0 Å². The number of carbonyl (C=O) groups excluding carboxylic acids is 1. The van der Waals surface area contributed by atoms with Crippen LogP contribution in [0.25, 0.3) is 0 Å². The zero-order chi connectivity index (χ0) is 18.9. The van der Waals surface area contributed by atoms with Crippen LogP contribution in [0.1, 0.15) is 27.7 Å². The molecule has 0 unspecified atom stereocenters. The van der Waals surface area contributed by atoms with Crippen LogP contribution in [0.5, 0.6) is 0 Å². The second-order valence-electron chi connectivity index (χ2n) is 5.09. The van der Waals surface area contributed by atoms with E-state index in [9.17, 15) is 27.9 Å². The zero-order valence-electron chi connectivity index (χ0n) is 12.3. The summed E-state index contributed by atoms with van der Waals surface area (Å²) in [7, 11) is 0. The molecule has 10 heteroatoms. The molecule has 0 radical (unpaired) electrons. The van der Waals surface area contributed by atoms with Gasteiger partial charge in [0, 0.05) is 15.6 Å². The van der Waals surface area contributed by atoms with Crippen LogP contribution in [-0.2, 0) is 12.7 Å². The maximum atomic E-state index is 13.2. The van der Waals surface area contributed by atoms with Crippen LogP contribution in [-0.4, -0.2) is 15.6 Å². The van der Waals surface area contributed by atoms with Crippen LogP contribution in [0, 0.1) is 0 Å². The van der Waals surface area contributed by atoms with Gasteiger partial charge in [0.25, 0.3) is 11.5 Å². The molecule has 2 rings (SSSR count). The highest BCUT2D eigenvalue weighted by Crippen LogP contribution is 2.31. The molecule has 5 nitrogen and oxygen atoms in total. The fraction of sp³-hybridized carbons (Fsp3) is 0.200. The summed E-state index contributed by atoms with van der Waals surface area (Å²) in [4.78, 5) is 23.4. The van der Waals surface area contributed by atoms with Crippen molar-refractivity contribution in [2.24, 2.45) is 5.73 Å². The van der Waals surface area contributed by atoms with Gasteiger partial charge in [0.15, 0.2) is 0 Å². The van der Waals surface area contributed by atoms with E-state index in [-0.39, 0.29) is 20.2 Å². The highest BCUT2D eigenvalue weighted by Gasteiger charge is 2.35. The minimum atomic E-state index is -4.88. The fourth-order valence-corrected chi connectivity index (χ4v) is 2.66. The zero-order valence-corrected chi connectivity index (χ0v) is 13.9. The third-order valence-electron chi connectivity index (χ3n) is 3.40. The van der Waals surface area contributed by atoms with Crippen molar-refractivity contribution in [1.82, 2.24) is 4.57 Å². The average Bonchev–Trinajstić information content (AvgIpc) is 2.49. The molecule has 1 heterocycles.